The topological polar surface area (TPSA) is 42.0 Å². The minimum absolute atomic E-state index is 0.110. The second-order valence-electron chi connectivity index (χ2n) is 6.57. The summed E-state index contributed by atoms with van der Waals surface area (Å²) in [5.41, 5.74) is 1.05. The number of hydrogen-bond donors (Lipinski definition) is 0. The van der Waals surface area contributed by atoms with Crippen LogP contribution in [0.25, 0.3) is 0 Å². The standard InChI is InChI=1S/C20H20ClFN2O3/c21-15-12-14(13-18-19(15)27-11-3-10-26-18)20(25)24-8-6-23(7-9-24)17-5-2-1-4-16(17)22/h1-2,4-5,12-13H,3,6-11H2. The lowest BCUT2D eigenvalue weighted by atomic mass is 10.1. The molecule has 0 atom stereocenters. The second-order valence-corrected chi connectivity index (χ2v) is 6.97. The molecule has 2 aromatic rings. The lowest BCUT2D eigenvalue weighted by Crippen LogP contribution is -2.49. The molecule has 7 heteroatoms. The summed E-state index contributed by atoms with van der Waals surface area (Å²) >= 11 is 6.30. The van der Waals surface area contributed by atoms with Gasteiger partial charge < -0.3 is 19.3 Å². The van der Waals surface area contributed by atoms with Crippen LogP contribution in [0.5, 0.6) is 11.5 Å². The molecule has 4 rings (SSSR count). The van der Waals surface area contributed by atoms with Crippen LogP contribution >= 0.6 is 11.6 Å². The van der Waals surface area contributed by atoms with Crippen molar-refractivity contribution in [1.82, 2.24) is 4.90 Å². The van der Waals surface area contributed by atoms with Crippen molar-refractivity contribution in [3.63, 3.8) is 0 Å². The Kier molecular flexibility index (Phi) is 5.07. The average molecular weight is 391 g/mol. The van der Waals surface area contributed by atoms with Gasteiger partial charge in [-0.15, -0.1) is 0 Å². The molecular formula is C20H20ClFN2O3. The third kappa shape index (κ3) is 3.67. The molecule has 0 aromatic heterocycles. The van der Waals surface area contributed by atoms with Gasteiger partial charge >= 0.3 is 0 Å². The number of fused-ring (bicyclic) bond motifs is 1. The Hall–Kier alpha value is -2.47. The number of rotatable bonds is 2. The maximum atomic E-state index is 14.0. The van der Waals surface area contributed by atoms with E-state index in [-0.39, 0.29) is 11.7 Å². The Bertz CT molecular complexity index is 853. The van der Waals surface area contributed by atoms with Crippen LogP contribution < -0.4 is 14.4 Å². The van der Waals surface area contributed by atoms with Crippen molar-refractivity contribution in [2.24, 2.45) is 0 Å². The van der Waals surface area contributed by atoms with Gasteiger partial charge in [0.15, 0.2) is 11.5 Å². The Morgan fingerprint density at radius 3 is 2.56 bits per heavy atom. The highest BCUT2D eigenvalue weighted by atomic mass is 35.5. The molecule has 5 nitrogen and oxygen atoms in total. The largest absolute Gasteiger partial charge is 0.489 e. The number of anilines is 1. The summed E-state index contributed by atoms with van der Waals surface area (Å²) in [6.45, 7) is 3.24. The van der Waals surface area contributed by atoms with Gasteiger partial charge in [-0.05, 0) is 24.3 Å². The number of para-hydroxylation sites is 1. The highest BCUT2D eigenvalue weighted by Gasteiger charge is 2.25. The normalized spacial score (nSPS) is 16.8. The van der Waals surface area contributed by atoms with Gasteiger partial charge in [-0.1, -0.05) is 23.7 Å². The molecule has 0 saturated carbocycles. The van der Waals surface area contributed by atoms with Gasteiger partial charge in [0.25, 0.3) is 5.91 Å². The number of benzene rings is 2. The molecule has 2 aromatic carbocycles. The summed E-state index contributed by atoms with van der Waals surface area (Å²) in [5, 5.41) is 0.378. The molecule has 0 unspecified atom stereocenters. The molecule has 0 aliphatic carbocycles. The van der Waals surface area contributed by atoms with E-state index in [2.05, 4.69) is 0 Å². The van der Waals surface area contributed by atoms with Crippen LogP contribution in [0, 0.1) is 5.82 Å². The highest BCUT2D eigenvalue weighted by molar-refractivity contribution is 6.32. The summed E-state index contributed by atoms with van der Waals surface area (Å²) in [5.74, 6) is 0.649. The molecule has 0 spiro atoms. The zero-order chi connectivity index (χ0) is 18.8. The van der Waals surface area contributed by atoms with Crippen molar-refractivity contribution >= 4 is 23.2 Å². The van der Waals surface area contributed by atoms with E-state index in [0.29, 0.717) is 67.2 Å². The zero-order valence-corrected chi connectivity index (χ0v) is 15.5. The maximum absolute atomic E-state index is 14.0. The molecular weight excluding hydrogens is 371 g/mol. The van der Waals surface area contributed by atoms with E-state index in [1.165, 1.54) is 6.07 Å². The quantitative estimate of drug-likeness (QED) is 0.785. The van der Waals surface area contributed by atoms with Crippen molar-refractivity contribution in [3.05, 3.63) is 52.8 Å². The fourth-order valence-corrected chi connectivity index (χ4v) is 3.66. The SMILES string of the molecule is O=C(c1cc(Cl)c2c(c1)OCCCO2)N1CCN(c2ccccc2F)CC1. The molecule has 2 heterocycles. The lowest BCUT2D eigenvalue weighted by Gasteiger charge is -2.36. The number of hydrogen-bond acceptors (Lipinski definition) is 4. The summed E-state index contributed by atoms with van der Waals surface area (Å²) in [4.78, 5) is 16.6. The number of piperazine rings is 1. The number of carbonyl (C=O) groups excluding carboxylic acids is 1. The molecule has 0 radical (unpaired) electrons. The number of carbonyl (C=O) groups is 1. The number of amides is 1. The van der Waals surface area contributed by atoms with Crippen molar-refractivity contribution < 1.29 is 18.7 Å². The molecule has 142 valence electrons. The fraction of sp³-hybridized carbons (Fsp3) is 0.350. The minimum atomic E-state index is -0.244. The molecule has 1 saturated heterocycles. The number of nitrogens with zero attached hydrogens (tertiary/aromatic N) is 2. The molecule has 1 fully saturated rings. The van der Waals surface area contributed by atoms with Crippen molar-refractivity contribution in [1.29, 1.82) is 0 Å². The van der Waals surface area contributed by atoms with E-state index in [1.807, 2.05) is 11.0 Å². The summed E-state index contributed by atoms with van der Waals surface area (Å²) in [7, 11) is 0. The highest BCUT2D eigenvalue weighted by Crippen LogP contribution is 2.38. The Labute approximate surface area is 162 Å². The van der Waals surface area contributed by atoms with Crippen molar-refractivity contribution in [2.45, 2.75) is 6.42 Å². The molecule has 1 amide bonds. The first-order valence-corrected chi connectivity index (χ1v) is 9.39. The average Bonchev–Trinajstić information content (AvgIpc) is 2.94. The Morgan fingerprint density at radius 2 is 1.78 bits per heavy atom. The number of halogens is 2. The summed E-state index contributed by atoms with van der Waals surface area (Å²) in [6.07, 6.45) is 0.770. The van der Waals surface area contributed by atoms with E-state index in [9.17, 15) is 9.18 Å². The smallest absolute Gasteiger partial charge is 0.254 e. The number of ether oxygens (including phenoxy) is 2. The first-order valence-electron chi connectivity index (χ1n) is 9.01. The van der Waals surface area contributed by atoms with Crippen LogP contribution in [0.2, 0.25) is 5.02 Å². The van der Waals surface area contributed by atoms with Crippen LogP contribution in [0.15, 0.2) is 36.4 Å². The van der Waals surface area contributed by atoms with Crippen LogP contribution in [0.1, 0.15) is 16.8 Å². The Morgan fingerprint density at radius 1 is 1.04 bits per heavy atom. The van der Waals surface area contributed by atoms with Crippen LogP contribution in [0.4, 0.5) is 10.1 Å². The predicted octanol–water partition coefficient (Wildman–Crippen LogP) is 3.60. The van der Waals surface area contributed by atoms with E-state index >= 15 is 0 Å². The van der Waals surface area contributed by atoms with E-state index in [0.717, 1.165) is 6.42 Å². The van der Waals surface area contributed by atoms with Crippen LogP contribution in [-0.2, 0) is 0 Å². The summed E-state index contributed by atoms with van der Waals surface area (Å²) < 4.78 is 25.2. The summed E-state index contributed by atoms with van der Waals surface area (Å²) in [6, 6.07) is 10.0. The first kappa shape index (κ1) is 17.9. The third-order valence-corrected chi connectivity index (χ3v) is 5.09. The van der Waals surface area contributed by atoms with Gasteiger partial charge in [-0.3, -0.25) is 4.79 Å². The van der Waals surface area contributed by atoms with Gasteiger partial charge in [-0.25, -0.2) is 4.39 Å². The Balaban J connectivity index is 1.48. The van der Waals surface area contributed by atoms with Gasteiger partial charge in [0.1, 0.15) is 5.82 Å². The van der Waals surface area contributed by atoms with E-state index < -0.39 is 0 Å². The molecule has 27 heavy (non-hydrogen) atoms. The monoisotopic (exact) mass is 390 g/mol. The molecule has 2 aliphatic heterocycles. The van der Waals surface area contributed by atoms with Crippen LogP contribution in [0.3, 0.4) is 0 Å². The zero-order valence-electron chi connectivity index (χ0n) is 14.8. The first-order chi connectivity index (χ1) is 13.1. The molecule has 0 bridgehead atoms. The van der Waals surface area contributed by atoms with E-state index in [4.69, 9.17) is 21.1 Å². The van der Waals surface area contributed by atoms with Gasteiger partial charge in [0, 0.05) is 38.2 Å². The van der Waals surface area contributed by atoms with Gasteiger partial charge in [0.2, 0.25) is 0 Å². The minimum Gasteiger partial charge on any atom is -0.489 e. The van der Waals surface area contributed by atoms with Gasteiger partial charge in [0.05, 0.1) is 23.9 Å². The van der Waals surface area contributed by atoms with Gasteiger partial charge in [-0.2, -0.15) is 0 Å². The van der Waals surface area contributed by atoms with Crippen molar-refractivity contribution in [3.8, 4) is 11.5 Å². The third-order valence-electron chi connectivity index (χ3n) is 4.81. The van der Waals surface area contributed by atoms with E-state index in [1.54, 1.807) is 29.2 Å². The predicted molar refractivity (Wildman–Crippen MR) is 102 cm³/mol. The van der Waals surface area contributed by atoms with Crippen molar-refractivity contribution in [2.75, 3.05) is 44.3 Å². The molecule has 2 aliphatic rings. The lowest BCUT2D eigenvalue weighted by molar-refractivity contribution is 0.0746. The molecule has 0 N–H and O–H groups in total. The fourth-order valence-electron chi connectivity index (χ4n) is 3.40. The maximum Gasteiger partial charge on any atom is 0.254 e. The van der Waals surface area contributed by atoms with Crippen LogP contribution in [-0.4, -0.2) is 50.2 Å². The second kappa shape index (κ2) is 7.64.